The van der Waals surface area contributed by atoms with Crippen molar-refractivity contribution < 1.29 is 0 Å². The third kappa shape index (κ3) is 2.73. The van der Waals surface area contributed by atoms with Gasteiger partial charge in [0.15, 0.2) is 0 Å². The molecule has 1 aliphatic heterocycles. The van der Waals surface area contributed by atoms with Crippen LogP contribution in [0.1, 0.15) is 24.1 Å². The van der Waals surface area contributed by atoms with E-state index in [0.29, 0.717) is 6.04 Å². The lowest BCUT2D eigenvalue weighted by molar-refractivity contribution is 0.507. The number of hydrogen-bond donors (Lipinski definition) is 1. The normalized spacial score (nSPS) is 21.3. The van der Waals surface area contributed by atoms with E-state index < -0.39 is 0 Å². The van der Waals surface area contributed by atoms with Crippen molar-refractivity contribution >= 4 is 23.4 Å². The van der Waals surface area contributed by atoms with Gasteiger partial charge in [-0.15, -0.1) is 0 Å². The van der Waals surface area contributed by atoms with Crippen LogP contribution in [0.5, 0.6) is 0 Å². The van der Waals surface area contributed by atoms with Crippen LogP contribution in [0.3, 0.4) is 0 Å². The van der Waals surface area contributed by atoms with Crippen LogP contribution < -0.4 is 5.32 Å². The van der Waals surface area contributed by atoms with Gasteiger partial charge >= 0.3 is 0 Å². The van der Waals surface area contributed by atoms with Gasteiger partial charge in [0.1, 0.15) is 5.15 Å². The van der Waals surface area contributed by atoms with Crippen molar-refractivity contribution in [3.8, 4) is 0 Å². The Hall–Kier alpha value is -0.190. The van der Waals surface area contributed by atoms with Crippen molar-refractivity contribution in [3.05, 3.63) is 16.4 Å². The lowest BCUT2D eigenvalue weighted by Gasteiger charge is -2.22. The van der Waals surface area contributed by atoms with Gasteiger partial charge in [-0.2, -0.15) is 16.9 Å². The predicted octanol–water partition coefficient (Wildman–Crippen LogP) is 2.37. The Morgan fingerprint density at radius 3 is 3.00 bits per heavy atom. The van der Waals surface area contributed by atoms with Crippen LogP contribution >= 0.6 is 23.4 Å². The van der Waals surface area contributed by atoms with Gasteiger partial charge in [-0.1, -0.05) is 11.6 Å². The quantitative estimate of drug-likeness (QED) is 0.904. The molecule has 1 aromatic heterocycles. The first-order valence-electron chi connectivity index (χ1n) is 5.67. The minimum atomic E-state index is 0.634. The van der Waals surface area contributed by atoms with Gasteiger partial charge in [0.25, 0.3) is 0 Å². The van der Waals surface area contributed by atoms with Gasteiger partial charge in [-0.3, -0.25) is 4.68 Å². The maximum atomic E-state index is 6.19. The van der Waals surface area contributed by atoms with Crippen LogP contribution in [0, 0.1) is 6.92 Å². The number of rotatable bonds is 3. The molecule has 0 radical (unpaired) electrons. The number of halogens is 1. The number of nitrogens with zero attached hydrogens (tertiary/aromatic N) is 2. The van der Waals surface area contributed by atoms with Gasteiger partial charge in [0, 0.05) is 31.0 Å². The van der Waals surface area contributed by atoms with Gasteiger partial charge < -0.3 is 5.32 Å². The first kappa shape index (κ1) is 12.3. The third-order valence-corrected chi connectivity index (χ3v) is 4.69. The van der Waals surface area contributed by atoms with E-state index >= 15 is 0 Å². The van der Waals surface area contributed by atoms with E-state index in [4.69, 9.17) is 11.6 Å². The van der Waals surface area contributed by atoms with Crippen molar-refractivity contribution in [2.45, 2.75) is 32.4 Å². The Morgan fingerprint density at radius 1 is 1.62 bits per heavy atom. The molecular formula is C11H18ClN3S. The minimum Gasteiger partial charge on any atom is -0.309 e. The zero-order valence-corrected chi connectivity index (χ0v) is 11.4. The number of thioether (sulfide) groups is 1. The van der Waals surface area contributed by atoms with Crippen LogP contribution in [0.4, 0.5) is 0 Å². The first-order chi connectivity index (χ1) is 7.68. The molecule has 1 fully saturated rings. The number of nitrogens with one attached hydrogen (secondary N) is 1. The molecule has 0 bridgehead atoms. The predicted molar refractivity (Wildman–Crippen MR) is 70.1 cm³/mol. The summed E-state index contributed by atoms with van der Waals surface area (Å²) in [6.45, 7) is 2.85. The Balaban J connectivity index is 1.93. The van der Waals surface area contributed by atoms with Crippen molar-refractivity contribution in [1.29, 1.82) is 0 Å². The first-order valence-corrected chi connectivity index (χ1v) is 7.21. The summed E-state index contributed by atoms with van der Waals surface area (Å²) in [4.78, 5) is 0. The molecule has 1 N–H and O–H groups in total. The Morgan fingerprint density at radius 2 is 2.44 bits per heavy atom. The highest BCUT2D eigenvalue weighted by Crippen LogP contribution is 2.20. The van der Waals surface area contributed by atoms with Gasteiger partial charge in [0.2, 0.25) is 0 Å². The molecule has 1 atom stereocenters. The zero-order valence-electron chi connectivity index (χ0n) is 9.79. The summed E-state index contributed by atoms with van der Waals surface area (Å²) in [6.07, 6.45) is 2.60. The molecule has 5 heteroatoms. The van der Waals surface area contributed by atoms with Crippen LogP contribution in [-0.4, -0.2) is 27.3 Å². The van der Waals surface area contributed by atoms with Crippen molar-refractivity contribution in [2.24, 2.45) is 7.05 Å². The lowest BCUT2D eigenvalue weighted by atomic mass is 10.1. The highest BCUT2D eigenvalue weighted by atomic mass is 35.5. The van der Waals surface area contributed by atoms with Gasteiger partial charge in [0.05, 0.1) is 5.69 Å². The molecular weight excluding hydrogens is 242 g/mol. The van der Waals surface area contributed by atoms with Crippen LogP contribution in [0.25, 0.3) is 0 Å². The highest BCUT2D eigenvalue weighted by molar-refractivity contribution is 7.99. The van der Waals surface area contributed by atoms with E-state index in [9.17, 15) is 0 Å². The van der Waals surface area contributed by atoms with Crippen molar-refractivity contribution in [1.82, 2.24) is 15.1 Å². The van der Waals surface area contributed by atoms with E-state index in [2.05, 4.69) is 10.4 Å². The fourth-order valence-corrected chi connectivity index (χ4v) is 3.37. The summed E-state index contributed by atoms with van der Waals surface area (Å²) in [7, 11) is 1.88. The molecule has 16 heavy (non-hydrogen) atoms. The van der Waals surface area contributed by atoms with Crippen LogP contribution in [0.2, 0.25) is 5.15 Å². The second-order valence-electron chi connectivity index (χ2n) is 4.27. The molecule has 1 aliphatic rings. The van der Waals surface area contributed by atoms with E-state index in [1.165, 1.54) is 24.3 Å². The second kappa shape index (κ2) is 5.43. The molecule has 90 valence electrons. The van der Waals surface area contributed by atoms with Gasteiger partial charge in [-0.25, -0.2) is 0 Å². The van der Waals surface area contributed by atoms with Crippen molar-refractivity contribution in [2.75, 3.05) is 11.5 Å². The summed E-state index contributed by atoms with van der Waals surface area (Å²) in [6, 6.07) is 0.634. The monoisotopic (exact) mass is 259 g/mol. The Labute approximate surface area is 106 Å². The van der Waals surface area contributed by atoms with E-state index in [-0.39, 0.29) is 0 Å². The molecule has 1 unspecified atom stereocenters. The van der Waals surface area contributed by atoms with E-state index in [1.54, 1.807) is 4.68 Å². The Bertz CT molecular complexity index is 358. The molecule has 0 amide bonds. The Kier molecular flexibility index (Phi) is 4.16. The number of hydrogen-bond acceptors (Lipinski definition) is 3. The molecule has 0 saturated carbocycles. The lowest BCUT2D eigenvalue weighted by Crippen LogP contribution is -2.33. The SMILES string of the molecule is Cc1nn(C)c(Cl)c1CNC1CCCSC1. The van der Waals surface area contributed by atoms with E-state index in [0.717, 1.165) is 23.0 Å². The molecule has 0 aliphatic carbocycles. The fraction of sp³-hybridized carbons (Fsp3) is 0.727. The average molecular weight is 260 g/mol. The topological polar surface area (TPSA) is 29.9 Å². The molecule has 1 saturated heterocycles. The number of aromatic nitrogens is 2. The highest BCUT2D eigenvalue weighted by Gasteiger charge is 2.16. The number of aryl methyl sites for hydroxylation is 2. The molecule has 0 spiro atoms. The van der Waals surface area contributed by atoms with Crippen molar-refractivity contribution in [3.63, 3.8) is 0 Å². The second-order valence-corrected chi connectivity index (χ2v) is 5.78. The molecule has 0 aromatic carbocycles. The molecule has 2 heterocycles. The molecule has 3 nitrogen and oxygen atoms in total. The maximum absolute atomic E-state index is 6.19. The van der Waals surface area contributed by atoms with Crippen LogP contribution in [0.15, 0.2) is 0 Å². The average Bonchev–Trinajstić information content (AvgIpc) is 2.53. The summed E-state index contributed by atoms with van der Waals surface area (Å²) in [5, 5.41) is 8.65. The smallest absolute Gasteiger partial charge is 0.131 e. The summed E-state index contributed by atoms with van der Waals surface area (Å²) >= 11 is 8.22. The molecule has 2 rings (SSSR count). The maximum Gasteiger partial charge on any atom is 0.131 e. The fourth-order valence-electron chi connectivity index (χ4n) is 2.02. The largest absolute Gasteiger partial charge is 0.309 e. The summed E-state index contributed by atoms with van der Waals surface area (Å²) < 4.78 is 1.74. The third-order valence-electron chi connectivity index (χ3n) is 3.00. The molecule has 1 aromatic rings. The van der Waals surface area contributed by atoms with Crippen LogP contribution in [-0.2, 0) is 13.6 Å². The standard InChI is InChI=1S/C11H18ClN3S/c1-8-10(11(12)15(2)14-8)6-13-9-4-3-5-16-7-9/h9,13H,3-7H2,1-2H3. The van der Waals surface area contributed by atoms with Gasteiger partial charge in [-0.05, 0) is 25.5 Å². The summed E-state index contributed by atoms with van der Waals surface area (Å²) in [5.74, 6) is 2.53. The minimum absolute atomic E-state index is 0.634. The van der Waals surface area contributed by atoms with E-state index in [1.807, 2.05) is 25.7 Å². The zero-order chi connectivity index (χ0) is 11.5. The summed E-state index contributed by atoms with van der Waals surface area (Å²) in [5.41, 5.74) is 2.17.